The summed E-state index contributed by atoms with van der Waals surface area (Å²) in [5.41, 5.74) is 2.12. The molecule has 3 heterocycles. The fraction of sp³-hybridized carbons (Fsp3) is 0.385. The van der Waals surface area contributed by atoms with Crippen LogP contribution in [0.25, 0.3) is 0 Å². The Hall–Kier alpha value is -3.17. The number of hydrogen-bond donors (Lipinski definition) is 3. The first kappa shape index (κ1) is 25.9. The van der Waals surface area contributed by atoms with Crippen LogP contribution in [0, 0.1) is 12.8 Å². The molecule has 0 aliphatic heterocycles. The summed E-state index contributed by atoms with van der Waals surface area (Å²) in [5.74, 6) is -0.0874. The Balaban J connectivity index is 1.55. The van der Waals surface area contributed by atoms with E-state index in [1.165, 1.54) is 28.5 Å². The third-order valence-electron chi connectivity index (χ3n) is 6.52. The maximum atomic E-state index is 13.4. The Morgan fingerprint density at radius 1 is 1.28 bits per heavy atom. The van der Waals surface area contributed by atoms with Crippen molar-refractivity contribution in [2.75, 3.05) is 15.5 Å². The maximum absolute atomic E-state index is 13.4. The molecule has 2 amide bonds. The first-order chi connectivity index (χ1) is 17.3. The molecule has 190 valence electrons. The predicted molar refractivity (Wildman–Crippen MR) is 144 cm³/mol. The van der Waals surface area contributed by atoms with E-state index < -0.39 is 6.04 Å². The Morgan fingerprint density at radius 2 is 2.06 bits per heavy atom. The van der Waals surface area contributed by atoms with Crippen molar-refractivity contribution in [1.82, 2.24) is 9.97 Å². The molecule has 0 unspecified atom stereocenters. The van der Waals surface area contributed by atoms with Crippen LogP contribution in [0.3, 0.4) is 0 Å². The number of hydrogen-bond acceptors (Lipinski definition) is 7. The summed E-state index contributed by atoms with van der Waals surface area (Å²) >= 11 is 7.58. The van der Waals surface area contributed by atoms with Gasteiger partial charge >= 0.3 is 0 Å². The summed E-state index contributed by atoms with van der Waals surface area (Å²) < 4.78 is 0. The van der Waals surface area contributed by atoms with E-state index in [0.29, 0.717) is 28.0 Å². The minimum atomic E-state index is -0.671. The fourth-order valence-electron chi connectivity index (χ4n) is 4.58. The van der Waals surface area contributed by atoms with Crippen LogP contribution in [0.15, 0.2) is 42.7 Å². The highest BCUT2D eigenvalue weighted by atomic mass is 35.5. The molecule has 0 bridgehead atoms. The number of rotatable bonds is 10. The van der Waals surface area contributed by atoms with Gasteiger partial charge in [-0.15, -0.1) is 11.3 Å². The number of carbonyl (C=O) groups is 2. The van der Waals surface area contributed by atoms with Gasteiger partial charge in [-0.3, -0.25) is 19.5 Å². The van der Waals surface area contributed by atoms with Crippen molar-refractivity contribution >= 4 is 51.6 Å². The number of thiophene rings is 1. The van der Waals surface area contributed by atoms with Crippen molar-refractivity contribution in [2.45, 2.75) is 58.0 Å². The topological polar surface area (TPSA) is 107 Å². The molecule has 0 spiro atoms. The molecule has 1 aliphatic carbocycles. The number of aryl methyl sites for hydroxylation is 1. The second kappa shape index (κ2) is 11.7. The van der Waals surface area contributed by atoms with E-state index in [9.17, 15) is 14.7 Å². The lowest BCUT2D eigenvalue weighted by atomic mass is 9.97. The SMILES string of the molecule is Cc1ncc(Cl)cc1N[C@@H](C)c1ccc(N(C=O)[C@@H](CC2CCCC2)C(=O)Nc2ccnc(O)c2)s1. The van der Waals surface area contributed by atoms with E-state index in [0.717, 1.165) is 48.4 Å². The number of aromatic hydroxyl groups is 1. The summed E-state index contributed by atoms with van der Waals surface area (Å²) in [6.45, 7) is 3.94. The zero-order valence-electron chi connectivity index (χ0n) is 20.3. The molecule has 1 fully saturated rings. The zero-order valence-corrected chi connectivity index (χ0v) is 21.9. The van der Waals surface area contributed by atoms with Crippen LogP contribution >= 0.6 is 22.9 Å². The lowest BCUT2D eigenvalue weighted by Gasteiger charge is -2.28. The summed E-state index contributed by atoms with van der Waals surface area (Å²) in [4.78, 5) is 36.3. The molecule has 2 atom stereocenters. The largest absolute Gasteiger partial charge is 0.493 e. The number of pyridine rings is 2. The molecule has 0 radical (unpaired) electrons. The monoisotopic (exact) mass is 527 g/mol. The minimum absolute atomic E-state index is 0.0573. The van der Waals surface area contributed by atoms with Gasteiger partial charge in [0.25, 0.3) is 0 Å². The van der Waals surface area contributed by atoms with Gasteiger partial charge < -0.3 is 15.7 Å². The molecular weight excluding hydrogens is 498 g/mol. The van der Waals surface area contributed by atoms with E-state index in [2.05, 4.69) is 20.6 Å². The minimum Gasteiger partial charge on any atom is -0.493 e. The first-order valence-corrected chi connectivity index (χ1v) is 13.2. The number of nitrogens with zero attached hydrogens (tertiary/aromatic N) is 3. The Bertz CT molecular complexity index is 1210. The lowest BCUT2D eigenvalue weighted by molar-refractivity contribution is -0.119. The van der Waals surface area contributed by atoms with E-state index in [1.807, 2.05) is 32.0 Å². The quantitative estimate of drug-likeness (QED) is 0.282. The number of nitrogens with one attached hydrogen (secondary N) is 2. The molecule has 8 nitrogen and oxygen atoms in total. The second-order valence-electron chi connectivity index (χ2n) is 9.14. The second-order valence-corrected chi connectivity index (χ2v) is 10.7. The summed E-state index contributed by atoms with van der Waals surface area (Å²) in [6, 6.07) is 7.95. The smallest absolute Gasteiger partial charge is 0.247 e. The highest BCUT2D eigenvalue weighted by Crippen LogP contribution is 2.36. The average molecular weight is 528 g/mol. The van der Waals surface area contributed by atoms with Crippen LogP contribution < -0.4 is 15.5 Å². The number of aromatic nitrogens is 2. The van der Waals surface area contributed by atoms with Gasteiger partial charge in [-0.25, -0.2) is 4.98 Å². The molecule has 0 saturated heterocycles. The highest BCUT2D eigenvalue weighted by molar-refractivity contribution is 7.16. The standard InChI is InChI=1S/C26H30ClN5O3S/c1-16-21(12-19(27)14-29-16)30-17(2)23-7-8-25(36-23)32(15-33)22(11-18-5-3-4-6-18)26(35)31-20-9-10-28-24(34)13-20/h7-10,12-15,17-18,22,30H,3-6,11H2,1-2H3,(H2,28,31,34,35)/t17-,22-/m0/s1. The predicted octanol–water partition coefficient (Wildman–Crippen LogP) is 5.93. The van der Waals surface area contributed by atoms with Crippen molar-refractivity contribution in [1.29, 1.82) is 0 Å². The van der Waals surface area contributed by atoms with Crippen LogP contribution in [-0.4, -0.2) is 33.4 Å². The van der Waals surface area contributed by atoms with Gasteiger partial charge in [0, 0.05) is 29.0 Å². The molecule has 0 aromatic carbocycles. The molecule has 3 aromatic rings. The number of carbonyl (C=O) groups excluding carboxylic acids is 2. The Morgan fingerprint density at radius 3 is 2.78 bits per heavy atom. The molecular formula is C26H30ClN5O3S. The van der Waals surface area contributed by atoms with Crippen molar-refractivity contribution in [2.24, 2.45) is 5.92 Å². The van der Waals surface area contributed by atoms with Crippen molar-refractivity contribution in [3.8, 4) is 5.88 Å². The van der Waals surface area contributed by atoms with Crippen LogP contribution in [0.5, 0.6) is 5.88 Å². The van der Waals surface area contributed by atoms with Gasteiger partial charge in [-0.2, -0.15) is 0 Å². The van der Waals surface area contributed by atoms with E-state index >= 15 is 0 Å². The zero-order chi connectivity index (χ0) is 25.7. The normalized spacial score (nSPS) is 15.3. The van der Waals surface area contributed by atoms with Gasteiger partial charge in [-0.1, -0.05) is 37.3 Å². The maximum Gasteiger partial charge on any atom is 0.247 e. The number of halogens is 1. The third-order valence-corrected chi connectivity index (χ3v) is 8.00. The third kappa shape index (κ3) is 6.33. The Labute approximate surface area is 219 Å². The first-order valence-electron chi connectivity index (χ1n) is 12.0. The highest BCUT2D eigenvalue weighted by Gasteiger charge is 2.31. The van der Waals surface area contributed by atoms with Crippen molar-refractivity contribution in [3.63, 3.8) is 0 Å². The van der Waals surface area contributed by atoms with Gasteiger partial charge in [-0.05, 0) is 50.5 Å². The van der Waals surface area contributed by atoms with Crippen molar-refractivity contribution < 1.29 is 14.7 Å². The molecule has 36 heavy (non-hydrogen) atoms. The summed E-state index contributed by atoms with van der Waals surface area (Å²) in [7, 11) is 0. The van der Waals surface area contributed by atoms with Crippen LogP contribution in [0.4, 0.5) is 16.4 Å². The van der Waals surface area contributed by atoms with E-state index in [4.69, 9.17) is 11.6 Å². The van der Waals surface area contributed by atoms with Crippen LogP contribution in [0.2, 0.25) is 5.02 Å². The van der Waals surface area contributed by atoms with Gasteiger partial charge in [0.05, 0.1) is 27.4 Å². The molecule has 1 saturated carbocycles. The Kier molecular flexibility index (Phi) is 8.43. The molecule has 4 rings (SSSR count). The molecule has 3 N–H and O–H groups in total. The molecule has 3 aromatic heterocycles. The van der Waals surface area contributed by atoms with E-state index in [1.54, 1.807) is 12.3 Å². The van der Waals surface area contributed by atoms with Crippen LogP contribution in [0.1, 0.15) is 55.6 Å². The molecule has 1 aliphatic rings. The van der Waals surface area contributed by atoms with Crippen LogP contribution in [-0.2, 0) is 9.59 Å². The van der Waals surface area contributed by atoms with Gasteiger partial charge in [0.15, 0.2) is 0 Å². The number of amides is 2. The van der Waals surface area contributed by atoms with Gasteiger partial charge in [0.2, 0.25) is 18.2 Å². The van der Waals surface area contributed by atoms with Gasteiger partial charge in [0.1, 0.15) is 6.04 Å². The van der Waals surface area contributed by atoms with E-state index in [-0.39, 0.29) is 17.8 Å². The molecule has 10 heteroatoms. The average Bonchev–Trinajstić information content (AvgIpc) is 3.54. The fourth-order valence-corrected chi connectivity index (χ4v) is 5.76. The summed E-state index contributed by atoms with van der Waals surface area (Å²) in [6.07, 6.45) is 8.74. The van der Waals surface area contributed by atoms with Crippen molar-refractivity contribution in [3.05, 3.63) is 58.3 Å². The lowest BCUT2D eigenvalue weighted by Crippen LogP contribution is -2.44. The summed E-state index contributed by atoms with van der Waals surface area (Å²) in [5, 5.41) is 17.2. The number of anilines is 3.